The fourth-order valence-corrected chi connectivity index (χ4v) is 4.04. The summed E-state index contributed by atoms with van der Waals surface area (Å²) in [6, 6.07) is 6.00. The van der Waals surface area contributed by atoms with Crippen molar-refractivity contribution in [1.29, 1.82) is 0 Å². The average molecular weight is 439 g/mol. The number of nitrogens with one attached hydrogen (secondary N) is 1. The molecule has 2 atom stereocenters. The molecule has 0 saturated heterocycles. The van der Waals surface area contributed by atoms with Crippen LogP contribution in [0.5, 0.6) is 0 Å². The summed E-state index contributed by atoms with van der Waals surface area (Å²) in [7, 11) is 0. The first-order valence-corrected chi connectivity index (χ1v) is 11.3. The molecule has 1 amide bonds. The number of aromatic nitrogens is 2. The van der Waals surface area contributed by atoms with E-state index in [0.717, 1.165) is 35.6 Å². The molecule has 1 heterocycles. The predicted molar refractivity (Wildman–Crippen MR) is 126 cm³/mol. The topological polar surface area (TPSA) is 95.4 Å². The van der Waals surface area contributed by atoms with Crippen molar-refractivity contribution in [2.45, 2.75) is 53.4 Å². The fourth-order valence-electron chi connectivity index (χ4n) is 4.04. The summed E-state index contributed by atoms with van der Waals surface area (Å²) in [6.45, 7) is 12.3. The molecule has 32 heavy (non-hydrogen) atoms. The zero-order valence-corrected chi connectivity index (χ0v) is 19.6. The van der Waals surface area contributed by atoms with Gasteiger partial charge in [0.25, 0.3) is 0 Å². The Labute approximate surface area is 190 Å². The molecule has 0 bridgehead atoms. The lowest BCUT2D eigenvalue weighted by atomic mass is 10.0. The summed E-state index contributed by atoms with van der Waals surface area (Å²) in [6.07, 6.45) is 4.17. The third-order valence-corrected chi connectivity index (χ3v) is 5.54. The first-order valence-electron chi connectivity index (χ1n) is 11.3. The van der Waals surface area contributed by atoms with Gasteiger partial charge >= 0.3 is 5.97 Å². The highest BCUT2D eigenvalue weighted by Crippen LogP contribution is 2.49. The fraction of sp³-hybridized carbons (Fsp3) is 0.520. The number of benzene rings is 1. The van der Waals surface area contributed by atoms with Crippen molar-refractivity contribution in [1.82, 2.24) is 9.97 Å². The Morgan fingerprint density at radius 2 is 1.75 bits per heavy atom. The number of hydrogen-bond donors (Lipinski definition) is 2. The third-order valence-electron chi connectivity index (χ3n) is 5.54. The largest absolute Gasteiger partial charge is 0.481 e. The van der Waals surface area contributed by atoms with Crippen LogP contribution in [0.1, 0.15) is 57.0 Å². The highest BCUT2D eigenvalue weighted by atomic mass is 16.4. The van der Waals surface area contributed by atoms with Crippen LogP contribution in [0.25, 0.3) is 0 Å². The van der Waals surface area contributed by atoms with Gasteiger partial charge in [-0.1, -0.05) is 33.8 Å². The Bertz CT molecular complexity index is 946. The van der Waals surface area contributed by atoms with E-state index in [9.17, 15) is 14.7 Å². The quantitative estimate of drug-likeness (QED) is 0.575. The number of nitrogens with zero attached hydrogens (tertiary/aromatic N) is 3. The molecule has 0 unspecified atom stereocenters. The van der Waals surface area contributed by atoms with Gasteiger partial charge < -0.3 is 15.3 Å². The number of anilines is 2. The second kappa shape index (κ2) is 10.1. The van der Waals surface area contributed by atoms with Crippen LogP contribution in [0.2, 0.25) is 0 Å². The van der Waals surface area contributed by atoms with E-state index < -0.39 is 5.97 Å². The minimum atomic E-state index is -0.759. The molecular formula is C25H34N4O3. The van der Waals surface area contributed by atoms with Gasteiger partial charge in [-0.15, -0.1) is 0 Å². The zero-order chi connectivity index (χ0) is 23.4. The normalized spacial score (nSPS) is 17.5. The van der Waals surface area contributed by atoms with Crippen molar-refractivity contribution < 1.29 is 14.7 Å². The Kier molecular flexibility index (Phi) is 7.48. The monoisotopic (exact) mass is 438 g/mol. The lowest BCUT2D eigenvalue weighted by molar-refractivity contribution is -0.138. The first-order chi connectivity index (χ1) is 15.1. The number of carbonyl (C=O) groups excluding carboxylic acids is 1. The van der Waals surface area contributed by atoms with Crippen molar-refractivity contribution in [2.75, 3.05) is 23.3 Å². The number of hydrogen-bond acceptors (Lipinski definition) is 5. The first kappa shape index (κ1) is 23.7. The van der Waals surface area contributed by atoms with Gasteiger partial charge in [0, 0.05) is 25.5 Å². The summed E-state index contributed by atoms with van der Waals surface area (Å²) in [5.74, 6) is 0.353. The minimum absolute atomic E-state index is 0.00588. The van der Waals surface area contributed by atoms with Gasteiger partial charge in [-0.25, -0.2) is 9.97 Å². The maximum Gasteiger partial charge on any atom is 0.307 e. The number of carboxylic acids is 1. The van der Waals surface area contributed by atoms with Crippen molar-refractivity contribution in [2.24, 2.45) is 17.8 Å². The van der Waals surface area contributed by atoms with E-state index in [-0.39, 0.29) is 24.2 Å². The second-order valence-electron chi connectivity index (χ2n) is 9.62. The smallest absolute Gasteiger partial charge is 0.307 e. The Hall–Kier alpha value is -2.96. The van der Waals surface area contributed by atoms with Crippen LogP contribution < -0.4 is 10.2 Å². The lowest BCUT2D eigenvalue weighted by Gasteiger charge is -2.31. The maximum atomic E-state index is 12.9. The van der Waals surface area contributed by atoms with Crippen molar-refractivity contribution in [3.8, 4) is 0 Å². The summed E-state index contributed by atoms with van der Waals surface area (Å²) >= 11 is 0. The number of rotatable bonds is 10. The van der Waals surface area contributed by atoms with Crippen LogP contribution in [0.3, 0.4) is 0 Å². The molecule has 0 aliphatic heterocycles. The molecule has 7 heteroatoms. The van der Waals surface area contributed by atoms with Crippen LogP contribution in [0.15, 0.2) is 30.6 Å². The molecule has 2 aromatic rings. The summed E-state index contributed by atoms with van der Waals surface area (Å²) < 4.78 is 0. The van der Waals surface area contributed by atoms with Crippen LogP contribution in [-0.2, 0) is 16.0 Å². The number of carboxylic acid groups (broad SMARTS) is 1. The summed E-state index contributed by atoms with van der Waals surface area (Å²) in [5, 5.41) is 12.4. The molecule has 1 fully saturated rings. The molecule has 0 spiro atoms. The van der Waals surface area contributed by atoms with Gasteiger partial charge in [0.1, 0.15) is 5.82 Å². The SMILES string of the molecule is Cc1ncc(CC(=O)Nc2cc([C@@H]3C[C@@H]3C(=O)O)ccc2N(CC(C)C)CC(C)C)cn1. The highest BCUT2D eigenvalue weighted by Gasteiger charge is 2.44. The molecule has 1 aliphatic rings. The van der Waals surface area contributed by atoms with E-state index >= 15 is 0 Å². The number of carbonyl (C=O) groups is 2. The molecular weight excluding hydrogens is 404 g/mol. The molecule has 2 N–H and O–H groups in total. The summed E-state index contributed by atoms with van der Waals surface area (Å²) in [5.41, 5.74) is 3.42. The van der Waals surface area contributed by atoms with E-state index in [0.29, 0.717) is 24.1 Å². The van der Waals surface area contributed by atoms with Crippen LogP contribution in [0, 0.1) is 24.7 Å². The Balaban J connectivity index is 1.88. The Morgan fingerprint density at radius 1 is 1.12 bits per heavy atom. The standard InChI is InChI=1S/C25H34N4O3/c1-15(2)13-29(14-16(3)4)23-7-6-19(20-10-21(20)25(31)32)9-22(23)28-24(30)8-18-11-26-17(5)27-12-18/h6-7,9,11-12,15-16,20-21H,8,10,13-14H2,1-5H3,(H,28,30)(H,31,32)/t20-,21-/m0/s1. The molecule has 0 radical (unpaired) electrons. The molecule has 7 nitrogen and oxygen atoms in total. The van der Waals surface area contributed by atoms with E-state index in [4.69, 9.17) is 0 Å². The van der Waals surface area contributed by atoms with Crippen molar-refractivity contribution >= 4 is 23.3 Å². The summed E-state index contributed by atoms with van der Waals surface area (Å²) in [4.78, 5) is 34.9. The van der Waals surface area contributed by atoms with Gasteiger partial charge in [0.2, 0.25) is 5.91 Å². The third kappa shape index (κ3) is 6.28. The molecule has 3 rings (SSSR count). The van der Waals surface area contributed by atoms with Gasteiger partial charge in [-0.05, 0) is 54.4 Å². The average Bonchev–Trinajstić information content (AvgIpc) is 3.50. The minimum Gasteiger partial charge on any atom is -0.481 e. The molecule has 1 saturated carbocycles. The van der Waals surface area contributed by atoms with Crippen LogP contribution in [0.4, 0.5) is 11.4 Å². The molecule has 1 aromatic heterocycles. The van der Waals surface area contributed by atoms with Gasteiger partial charge in [0.05, 0.1) is 23.7 Å². The second-order valence-corrected chi connectivity index (χ2v) is 9.62. The Morgan fingerprint density at radius 3 is 2.28 bits per heavy atom. The van der Waals surface area contributed by atoms with E-state index in [1.807, 2.05) is 25.1 Å². The molecule has 1 aliphatic carbocycles. The lowest BCUT2D eigenvalue weighted by Crippen LogP contribution is -2.32. The molecule has 172 valence electrons. The van der Waals surface area contributed by atoms with Gasteiger partial charge in [-0.2, -0.15) is 0 Å². The van der Waals surface area contributed by atoms with E-state index in [1.54, 1.807) is 12.4 Å². The van der Waals surface area contributed by atoms with Crippen molar-refractivity contribution in [3.63, 3.8) is 0 Å². The van der Waals surface area contributed by atoms with E-state index in [1.165, 1.54) is 0 Å². The number of aryl methyl sites for hydroxylation is 1. The number of amides is 1. The molecule has 1 aromatic carbocycles. The van der Waals surface area contributed by atoms with Crippen molar-refractivity contribution in [3.05, 3.63) is 47.5 Å². The predicted octanol–water partition coefficient (Wildman–Crippen LogP) is 4.27. The van der Waals surface area contributed by atoms with Crippen LogP contribution in [-0.4, -0.2) is 40.0 Å². The maximum absolute atomic E-state index is 12.9. The van der Waals surface area contributed by atoms with Gasteiger partial charge in [-0.3, -0.25) is 9.59 Å². The number of aliphatic carboxylic acids is 1. The highest BCUT2D eigenvalue weighted by molar-refractivity contribution is 5.96. The zero-order valence-electron chi connectivity index (χ0n) is 19.6. The van der Waals surface area contributed by atoms with Gasteiger partial charge in [0.15, 0.2) is 0 Å². The van der Waals surface area contributed by atoms with Crippen LogP contribution >= 0.6 is 0 Å². The van der Waals surface area contributed by atoms with E-state index in [2.05, 4.69) is 47.9 Å².